The molecule has 0 bridgehead atoms. The number of anilines is 2. The average Bonchev–Trinajstić information content (AvgIpc) is 2.95. The van der Waals surface area contributed by atoms with Gasteiger partial charge in [-0.05, 0) is 58.4 Å². The van der Waals surface area contributed by atoms with Crippen molar-refractivity contribution in [3.05, 3.63) is 71.4 Å². The number of furan rings is 1. The standard InChI is InChI=1S/C17H13BrN2O3/c18-15-10-11-16(23-15)20-17(21)19-12-6-8-14(9-7-12)22-13-4-2-1-3-5-13/h1-11H,(H2,19,20,21). The lowest BCUT2D eigenvalue weighted by Crippen LogP contribution is -2.18. The second-order valence-electron chi connectivity index (χ2n) is 4.62. The Hall–Kier alpha value is -2.73. The van der Waals surface area contributed by atoms with E-state index < -0.39 is 0 Å². The number of urea groups is 1. The van der Waals surface area contributed by atoms with E-state index in [2.05, 4.69) is 26.6 Å². The number of carbonyl (C=O) groups excluding carboxylic acids is 1. The molecule has 3 aromatic rings. The second-order valence-corrected chi connectivity index (χ2v) is 5.40. The SMILES string of the molecule is O=C(Nc1ccc(Oc2ccccc2)cc1)Nc1ccc(Br)o1. The minimum absolute atomic E-state index is 0.360. The van der Waals surface area contributed by atoms with E-state index in [0.29, 0.717) is 22.0 Å². The number of carbonyl (C=O) groups is 1. The lowest BCUT2D eigenvalue weighted by Gasteiger charge is -2.08. The highest BCUT2D eigenvalue weighted by atomic mass is 79.9. The molecule has 1 heterocycles. The Labute approximate surface area is 141 Å². The van der Waals surface area contributed by atoms with E-state index >= 15 is 0 Å². The van der Waals surface area contributed by atoms with Crippen LogP contribution in [0.3, 0.4) is 0 Å². The second kappa shape index (κ2) is 7.02. The summed E-state index contributed by atoms with van der Waals surface area (Å²) in [5.41, 5.74) is 0.647. The third-order valence-corrected chi connectivity index (χ3v) is 3.33. The van der Waals surface area contributed by atoms with Crippen molar-refractivity contribution >= 4 is 33.5 Å². The number of hydrogen-bond donors (Lipinski definition) is 2. The first-order valence-corrected chi connectivity index (χ1v) is 7.65. The van der Waals surface area contributed by atoms with Crippen molar-refractivity contribution in [3.8, 4) is 11.5 Å². The molecule has 2 N–H and O–H groups in total. The summed E-state index contributed by atoms with van der Waals surface area (Å²) in [6.45, 7) is 0. The predicted octanol–water partition coefficient (Wildman–Crippen LogP) is 5.48. The monoisotopic (exact) mass is 372 g/mol. The van der Waals surface area contributed by atoms with Crippen molar-refractivity contribution in [3.63, 3.8) is 0 Å². The fourth-order valence-corrected chi connectivity index (χ4v) is 2.19. The molecule has 3 rings (SSSR count). The van der Waals surface area contributed by atoms with Crippen LogP contribution in [-0.2, 0) is 0 Å². The first-order valence-electron chi connectivity index (χ1n) is 6.85. The van der Waals surface area contributed by atoms with Crippen LogP contribution in [0.15, 0.2) is 75.8 Å². The van der Waals surface area contributed by atoms with Gasteiger partial charge in [0.15, 0.2) is 4.67 Å². The van der Waals surface area contributed by atoms with Crippen LogP contribution in [0.1, 0.15) is 0 Å². The van der Waals surface area contributed by atoms with Gasteiger partial charge in [0.25, 0.3) is 0 Å². The summed E-state index contributed by atoms with van der Waals surface area (Å²) in [5.74, 6) is 1.81. The average molecular weight is 373 g/mol. The first-order chi connectivity index (χ1) is 11.2. The summed E-state index contributed by atoms with van der Waals surface area (Å²) in [6, 6.07) is 19.5. The third kappa shape index (κ3) is 4.37. The Balaban J connectivity index is 1.57. The summed E-state index contributed by atoms with van der Waals surface area (Å²) in [7, 11) is 0. The lowest BCUT2D eigenvalue weighted by molar-refractivity contribution is 0.261. The summed E-state index contributed by atoms with van der Waals surface area (Å²) in [6.07, 6.45) is 0. The number of halogens is 1. The smallest absolute Gasteiger partial charge is 0.326 e. The Morgan fingerprint density at radius 2 is 1.57 bits per heavy atom. The van der Waals surface area contributed by atoms with Gasteiger partial charge in [0.05, 0.1) is 0 Å². The molecule has 0 aliphatic heterocycles. The van der Waals surface area contributed by atoms with Crippen LogP contribution in [0.5, 0.6) is 11.5 Å². The zero-order valence-electron chi connectivity index (χ0n) is 12.0. The van der Waals surface area contributed by atoms with Crippen molar-refractivity contribution < 1.29 is 13.9 Å². The predicted molar refractivity (Wildman–Crippen MR) is 92.0 cm³/mol. The zero-order chi connectivity index (χ0) is 16.1. The van der Waals surface area contributed by atoms with E-state index in [1.165, 1.54) is 0 Å². The van der Waals surface area contributed by atoms with E-state index in [1.54, 1.807) is 36.4 Å². The van der Waals surface area contributed by atoms with Gasteiger partial charge in [-0.25, -0.2) is 4.79 Å². The normalized spacial score (nSPS) is 10.1. The van der Waals surface area contributed by atoms with Gasteiger partial charge in [0, 0.05) is 11.8 Å². The Bertz CT molecular complexity index is 785. The molecular weight excluding hydrogens is 360 g/mol. The molecule has 0 saturated carbocycles. The molecule has 23 heavy (non-hydrogen) atoms. The Morgan fingerprint density at radius 1 is 0.870 bits per heavy atom. The van der Waals surface area contributed by atoms with Gasteiger partial charge in [0.2, 0.25) is 5.88 Å². The summed E-state index contributed by atoms with van der Waals surface area (Å²) in [5, 5.41) is 5.30. The van der Waals surface area contributed by atoms with Crippen LogP contribution < -0.4 is 15.4 Å². The Kier molecular flexibility index (Phi) is 4.63. The molecule has 5 nitrogen and oxygen atoms in total. The number of amides is 2. The molecule has 0 aliphatic carbocycles. The largest absolute Gasteiger partial charge is 0.457 e. The molecule has 6 heteroatoms. The van der Waals surface area contributed by atoms with Crippen molar-refractivity contribution in [1.29, 1.82) is 0 Å². The lowest BCUT2D eigenvalue weighted by atomic mass is 10.3. The molecule has 116 valence electrons. The highest BCUT2D eigenvalue weighted by Crippen LogP contribution is 2.23. The molecule has 1 aromatic heterocycles. The van der Waals surface area contributed by atoms with Crippen LogP contribution >= 0.6 is 15.9 Å². The number of para-hydroxylation sites is 1. The van der Waals surface area contributed by atoms with Gasteiger partial charge in [0.1, 0.15) is 11.5 Å². The number of hydrogen-bond acceptors (Lipinski definition) is 3. The molecule has 0 radical (unpaired) electrons. The van der Waals surface area contributed by atoms with Crippen molar-refractivity contribution in [2.45, 2.75) is 0 Å². The number of rotatable bonds is 4. The van der Waals surface area contributed by atoms with Crippen molar-refractivity contribution in [2.75, 3.05) is 10.6 Å². The molecule has 2 aromatic carbocycles. The topological polar surface area (TPSA) is 63.5 Å². The van der Waals surface area contributed by atoms with E-state index in [1.807, 2.05) is 30.3 Å². The van der Waals surface area contributed by atoms with Crippen LogP contribution in [0, 0.1) is 0 Å². The van der Waals surface area contributed by atoms with E-state index in [9.17, 15) is 4.79 Å². The molecule has 0 fully saturated rings. The van der Waals surface area contributed by atoms with Gasteiger partial charge in [-0.1, -0.05) is 18.2 Å². The van der Waals surface area contributed by atoms with Crippen LogP contribution in [0.25, 0.3) is 0 Å². The zero-order valence-corrected chi connectivity index (χ0v) is 13.5. The van der Waals surface area contributed by atoms with Gasteiger partial charge in [-0.2, -0.15) is 0 Å². The summed E-state index contributed by atoms with van der Waals surface area (Å²) in [4.78, 5) is 11.8. The minimum atomic E-state index is -0.386. The maximum atomic E-state index is 11.8. The van der Waals surface area contributed by atoms with Crippen LogP contribution in [0.4, 0.5) is 16.4 Å². The highest BCUT2D eigenvalue weighted by molar-refractivity contribution is 9.10. The van der Waals surface area contributed by atoms with Crippen molar-refractivity contribution in [1.82, 2.24) is 0 Å². The van der Waals surface area contributed by atoms with Gasteiger partial charge in [-0.3, -0.25) is 5.32 Å². The van der Waals surface area contributed by atoms with Crippen LogP contribution in [0.2, 0.25) is 0 Å². The maximum absolute atomic E-state index is 11.8. The first kappa shape index (κ1) is 15.2. The quantitative estimate of drug-likeness (QED) is 0.637. The van der Waals surface area contributed by atoms with Crippen molar-refractivity contribution in [2.24, 2.45) is 0 Å². The Morgan fingerprint density at radius 3 is 2.22 bits per heavy atom. The molecule has 0 aliphatic rings. The van der Waals surface area contributed by atoms with Gasteiger partial charge in [-0.15, -0.1) is 0 Å². The number of nitrogens with one attached hydrogen (secondary N) is 2. The summed E-state index contributed by atoms with van der Waals surface area (Å²) < 4.78 is 11.4. The third-order valence-electron chi connectivity index (χ3n) is 2.90. The molecule has 2 amide bonds. The van der Waals surface area contributed by atoms with E-state index in [4.69, 9.17) is 9.15 Å². The molecule has 0 saturated heterocycles. The van der Waals surface area contributed by atoms with Crippen LogP contribution in [-0.4, -0.2) is 6.03 Å². The highest BCUT2D eigenvalue weighted by Gasteiger charge is 2.06. The number of benzene rings is 2. The van der Waals surface area contributed by atoms with Gasteiger partial charge >= 0.3 is 6.03 Å². The van der Waals surface area contributed by atoms with Gasteiger partial charge < -0.3 is 14.5 Å². The summed E-state index contributed by atoms with van der Waals surface area (Å²) >= 11 is 3.17. The minimum Gasteiger partial charge on any atom is -0.457 e. The molecule has 0 unspecified atom stereocenters. The van der Waals surface area contributed by atoms with E-state index in [0.717, 1.165) is 5.75 Å². The number of ether oxygens (including phenoxy) is 1. The fourth-order valence-electron chi connectivity index (χ4n) is 1.89. The van der Waals surface area contributed by atoms with E-state index in [-0.39, 0.29) is 6.03 Å². The molecule has 0 atom stereocenters. The maximum Gasteiger partial charge on any atom is 0.326 e. The fraction of sp³-hybridized carbons (Fsp3) is 0. The molecular formula is C17H13BrN2O3. The molecule has 0 spiro atoms.